The Balaban J connectivity index is 1.79. The number of aromatic nitrogens is 1. The Labute approximate surface area is 234 Å². The second-order valence-corrected chi connectivity index (χ2v) is 11.0. The Hall–Kier alpha value is -4.52. The number of hydrogen-bond donors (Lipinski definition) is 2. The van der Waals surface area contributed by atoms with E-state index in [0.717, 1.165) is 27.7 Å². The lowest BCUT2D eigenvalue weighted by atomic mass is 9.84. The summed E-state index contributed by atoms with van der Waals surface area (Å²) in [6.45, 7) is 10.5. The van der Waals surface area contributed by atoms with Gasteiger partial charge in [-0.25, -0.2) is 0 Å². The van der Waals surface area contributed by atoms with E-state index in [4.69, 9.17) is 9.47 Å². The minimum absolute atomic E-state index is 0.0321. The first-order valence-corrected chi connectivity index (χ1v) is 13.4. The number of aryl methyl sites for hydroxylation is 1. The van der Waals surface area contributed by atoms with Gasteiger partial charge in [0.1, 0.15) is 17.3 Å². The summed E-state index contributed by atoms with van der Waals surface area (Å²) in [6.07, 6.45) is 0. The van der Waals surface area contributed by atoms with Crippen LogP contribution in [0.5, 0.6) is 11.5 Å². The molecule has 5 rings (SSSR count). The van der Waals surface area contributed by atoms with E-state index >= 15 is 0 Å². The Morgan fingerprint density at radius 3 is 2.48 bits per heavy atom. The van der Waals surface area contributed by atoms with Gasteiger partial charge in [-0.05, 0) is 55.7 Å². The van der Waals surface area contributed by atoms with Gasteiger partial charge >= 0.3 is 0 Å². The average molecular weight is 539 g/mol. The van der Waals surface area contributed by atoms with E-state index in [1.165, 1.54) is 4.90 Å². The summed E-state index contributed by atoms with van der Waals surface area (Å²) < 4.78 is 11.3. The number of nitrogens with one attached hydrogen (secondary N) is 1. The number of methoxy groups -OCH3 is 1. The molecule has 7 nitrogen and oxygen atoms in total. The van der Waals surface area contributed by atoms with Gasteiger partial charge in [-0.15, -0.1) is 0 Å². The van der Waals surface area contributed by atoms with Crippen LogP contribution in [0.2, 0.25) is 0 Å². The summed E-state index contributed by atoms with van der Waals surface area (Å²) in [7, 11) is 1.55. The highest BCUT2D eigenvalue weighted by molar-refractivity contribution is 6.52. The third-order valence-electron chi connectivity index (χ3n) is 7.35. The first kappa shape index (κ1) is 27.1. The summed E-state index contributed by atoms with van der Waals surface area (Å²) in [5, 5.41) is 12.7. The Kier molecular flexibility index (Phi) is 6.92. The number of rotatable bonds is 6. The fraction of sp³-hybridized carbons (Fsp3) is 0.273. The minimum Gasteiger partial charge on any atom is -0.507 e. The molecule has 0 aliphatic carbocycles. The van der Waals surface area contributed by atoms with Gasteiger partial charge in [0.2, 0.25) is 0 Å². The smallest absolute Gasteiger partial charge is 0.300 e. The van der Waals surface area contributed by atoms with Crippen LogP contribution in [0.25, 0.3) is 16.7 Å². The number of ether oxygens (including phenoxy) is 2. The van der Waals surface area contributed by atoms with Gasteiger partial charge in [0, 0.05) is 45.0 Å². The molecular formula is C33H34N2O5. The zero-order chi connectivity index (χ0) is 28.8. The molecule has 0 saturated carbocycles. The van der Waals surface area contributed by atoms with Gasteiger partial charge in [0.15, 0.2) is 0 Å². The molecule has 1 amide bonds. The molecular weight excluding hydrogens is 504 g/mol. The van der Waals surface area contributed by atoms with Crippen LogP contribution in [-0.2, 0) is 15.0 Å². The highest BCUT2D eigenvalue weighted by Gasteiger charge is 2.48. The molecule has 2 N–H and O–H groups in total. The largest absolute Gasteiger partial charge is 0.507 e. The van der Waals surface area contributed by atoms with E-state index in [1.54, 1.807) is 37.4 Å². The van der Waals surface area contributed by atoms with E-state index in [2.05, 4.69) is 25.8 Å². The zero-order valence-corrected chi connectivity index (χ0v) is 23.7. The number of nitrogens with zero attached hydrogens (tertiary/aromatic N) is 1. The van der Waals surface area contributed by atoms with E-state index in [-0.39, 0.29) is 16.7 Å². The number of ketones is 1. The highest BCUT2D eigenvalue weighted by atomic mass is 16.5. The maximum atomic E-state index is 13.8. The molecule has 1 aliphatic rings. The normalized spacial score (nSPS) is 17.1. The monoisotopic (exact) mass is 538 g/mol. The molecule has 1 aromatic heterocycles. The molecule has 7 heteroatoms. The van der Waals surface area contributed by atoms with Crippen LogP contribution in [0.4, 0.5) is 5.69 Å². The first-order chi connectivity index (χ1) is 19.1. The number of amides is 1. The van der Waals surface area contributed by atoms with Crippen molar-refractivity contribution in [2.45, 2.75) is 46.1 Å². The van der Waals surface area contributed by atoms with Crippen molar-refractivity contribution >= 4 is 34.0 Å². The maximum absolute atomic E-state index is 13.8. The summed E-state index contributed by atoms with van der Waals surface area (Å²) >= 11 is 0. The van der Waals surface area contributed by atoms with Crippen LogP contribution >= 0.6 is 0 Å². The fourth-order valence-corrected chi connectivity index (χ4v) is 5.48. The standard InChI is InChI=1S/C33H34N2O5/c1-7-40-26-16-15-20(17-24(26)33(3,4)5)30(36)28-29(27-19(2)34-25-14-9-8-13-23(25)27)35(32(38)31(28)37)21-11-10-12-22(18-21)39-6/h8-18,29,34,36H,7H2,1-6H3/b30-28+. The van der Waals surface area contributed by atoms with Crippen molar-refractivity contribution in [2.24, 2.45) is 0 Å². The summed E-state index contributed by atoms with van der Waals surface area (Å²) in [4.78, 5) is 32.4. The second kappa shape index (κ2) is 10.2. The van der Waals surface area contributed by atoms with Crippen molar-refractivity contribution in [1.29, 1.82) is 0 Å². The van der Waals surface area contributed by atoms with Gasteiger partial charge < -0.3 is 19.6 Å². The van der Waals surface area contributed by atoms with Crippen LogP contribution in [0, 0.1) is 6.92 Å². The Morgan fingerprint density at radius 1 is 1.02 bits per heavy atom. The topological polar surface area (TPSA) is 91.9 Å². The molecule has 206 valence electrons. The van der Waals surface area contributed by atoms with E-state index in [1.807, 2.05) is 50.2 Å². The number of benzene rings is 3. The lowest BCUT2D eigenvalue weighted by molar-refractivity contribution is -0.132. The number of fused-ring (bicyclic) bond motifs is 1. The number of carbonyl (C=O) groups excluding carboxylic acids is 2. The number of aliphatic hydroxyl groups excluding tert-OH is 1. The van der Waals surface area contributed by atoms with Gasteiger partial charge in [-0.1, -0.05) is 45.0 Å². The van der Waals surface area contributed by atoms with Crippen LogP contribution in [0.3, 0.4) is 0 Å². The summed E-state index contributed by atoms with van der Waals surface area (Å²) in [5.74, 6) is -0.429. The Bertz CT molecular complexity index is 1660. The average Bonchev–Trinajstić information content (AvgIpc) is 3.39. The number of para-hydroxylation sites is 1. The third kappa shape index (κ3) is 4.51. The molecule has 3 aromatic carbocycles. The van der Waals surface area contributed by atoms with Crippen molar-refractivity contribution in [3.8, 4) is 11.5 Å². The number of H-pyrrole nitrogens is 1. The number of aromatic amines is 1. The van der Waals surface area contributed by atoms with E-state index in [9.17, 15) is 14.7 Å². The van der Waals surface area contributed by atoms with Gasteiger partial charge in [-0.2, -0.15) is 0 Å². The van der Waals surface area contributed by atoms with Crippen molar-refractivity contribution < 1.29 is 24.2 Å². The molecule has 0 bridgehead atoms. The van der Waals surface area contributed by atoms with Gasteiger partial charge in [0.25, 0.3) is 11.7 Å². The third-order valence-corrected chi connectivity index (χ3v) is 7.35. The van der Waals surface area contributed by atoms with Crippen molar-refractivity contribution in [3.05, 3.63) is 94.7 Å². The van der Waals surface area contributed by atoms with Crippen molar-refractivity contribution in [1.82, 2.24) is 4.98 Å². The summed E-state index contributed by atoms with van der Waals surface area (Å²) in [5.41, 5.74) is 4.00. The van der Waals surface area contributed by atoms with E-state index < -0.39 is 17.7 Å². The minimum atomic E-state index is -0.868. The highest BCUT2D eigenvalue weighted by Crippen LogP contribution is 2.46. The van der Waals surface area contributed by atoms with Crippen molar-refractivity contribution in [3.63, 3.8) is 0 Å². The second-order valence-electron chi connectivity index (χ2n) is 11.0. The van der Waals surface area contributed by atoms with Gasteiger partial charge in [0.05, 0.1) is 25.3 Å². The number of Topliss-reactive ketones (excluding diaryl/α,β-unsaturated/α-hetero) is 1. The molecule has 0 spiro atoms. The molecule has 1 aliphatic heterocycles. The molecule has 1 saturated heterocycles. The SMILES string of the molecule is CCOc1ccc(/C(O)=C2\C(=O)C(=O)N(c3cccc(OC)c3)C2c2c(C)[nH]c3ccccc23)cc1C(C)(C)C. The molecule has 4 aromatic rings. The van der Waals surface area contributed by atoms with Crippen molar-refractivity contribution in [2.75, 3.05) is 18.6 Å². The van der Waals surface area contributed by atoms with Crippen LogP contribution in [-0.4, -0.2) is 35.5 Å². The number of hydrogen-bond acceptors (Lipinski definition) is 5. The van der Waals surface area contributed by atoms with Crippen LogP contribution in [0.1, 0.15) is 56.1 Å². The molecule has 2 heterocycles. The zero-order valence-electron chi connectivity index (χ0n) is 23.7. The molecule has 1 unspecified atom stereocenters. The fourth-order valence-electron chi connectivity index (χ4n) is 5.48. The number of anilines is 1. The van der Waals surface area contributed by atoms with Crippen LogP contribution < -0.4 is 14.4 Å². The summed E-state index contributed by atoms with van der Waals surface area (Å²) in [6, 6.07) is 19.3. The molecule has 40 heavy (non-hydrogen) atoms. The van der Waals surface area contributed by atoms with Gasteiger partial charge in [-0.3, -0.25) is 14.5 Å². The van der Waals surface area contributed by atoms with Crippen LogP contribution in [0.15, 0.2) is 72.3 Å². The maximum Gasteiger partial charge on any atom is 0.300 e. The lowest BCUT2D eigenvalue weighted by Crippen LogP contribution is -2.29. The quantitative estimate of drug-likeness (QED) is 0.160. The Morgan fingerprint density at radius 2 is 1.77 bits per heavy atom. The lowest BCUT2D eigenvalue weighted by Gasteiger charge is -2.26. The predicted molar refractivity (Wildman–Crippen MR) is 157 cm³/mol. The first-order valence-electron chi connectivity index (χ1n) is 13.4. The molecule has 1 atom stereocenters. The number of carbonyl (C=O) groups is 2. The van der Waals surface area contributed by atoms with E-state index in [0.29, 0.717) is 29.4 Å². The molecule has 1 fully saturated rings. The predicted octanol–water partition coefficient (Wildman–Crippen LogP) is 6.81. The number of aliphatic hydroxyl groups is 1. The molecule has 0 radical (unpaired) electrons.